The molecule has 30 heavy (non-hydrogen) atoms. The van der Waals surface area contributed by atoms with Crippen molar-refractivity contribution in [2.24, 2.45) is 0 Å². The Morgan fingerprint density at radius 1 is 0.633 bits per heavy atom. The minimum atomic E-state index is -0.887. The average Bonchev–Trinajstić information content (AvgIpc) is 3.28. The molecule has 0 unspecified atom stereocenters. The SMILES string of the molecule is N#Cc1cc(C#N)c2c(c1F)C1(c3ccccc3-c3ccccc31)c1ccccc1-2. The molecule has 0 aromatic heterocycles. The molecular weight excluding hydrogens is 371 g/mol. The molecular formula is C27H13FN2. The monoisotopic (exact) mass is 384 g/mol. The van der Waals surface area contributed by atoms with Gasteiger partial charge >= 0.3 is 0 Å². The molecule has 2 nitrogen and oxygen atoms in total. The van der Waals surface area contributed by atoms with E-state index in [1.807, 2.05) is 66.7 Å². The van der Waals surface area contributed by atoms with E-state index >= 15 is 4.39 Å². The molecule has 0 heterocycles. The summed E-state index contributed by atoms with van der Waals surface area (Å²) in [7, 11) is 0. The third kappa shape index (κ3) is 1.72. The van der Waals surface area contributed by atoms with Gasteiger partial charge in [0.1, 0.15) is 11.9 Å². The van der Waals surface area contributed by atoms with Crippen LogP contribution in [-0.2, 0) is 5.41 Å². The number of halogens is 1. The predicted molar refractivity (Wildman–Crippen MR) is 112 cm³/mol. The molecule has 6 rings (SSSR count). The molecule has 138 valence electrons. The highest BCUT2D eigenvalue weighted by molar-refractivity contribution is 5.96. The van der Waals surface area contributed by atoms with Crippen molar-refractivity contribution in [3.05, 3.63) is 118 Å². The number of hydrogen-bond acceptors (Lipinski definition) is 2. The first kappa shape index (κ1) is 16.7. The summed E-state index contributed by atoms with van der Waals surface area (Å²) in [6.45, 7) is 0. The Hall–Kier alpha value is -4.21. The van der Waals surface area contributed by atoms with Gasteiger partial charge in [-0.2, -0.15) is 10.5 Å². The van der Waals surface area contributed by atoms with Gasteiger partial charge in [-0.25, -0.2) is 4.39 Å². The minimum Gasteiger partial charge on any atom is -0.205 e. The summed E-state index contributed by atoms with van der Waals surface area (Å²) >= 11 is 0. The Morgan fingerprint density at radius 2 is 1.10 bits per heavy atom. The van der Waals surface area contributed by atoms with Crippen LogP contribution in [0.2, 0.25) is 0 Å². The maximum atomic E-state index is 16.0. The number of nitriles is 2. The average molecular weight is 384 g/mol. The van der Waals surface area contributed by atoms with Crippen molar-refractivity contribution in [1.82, 2.24) is 0 Å². The third-order valence-electron chi connectivity index (χ3n) is 6.43. The largest absolute Gasteiger partial charge is 0.205 e. The fraction of sp³-hybridized carbons (Fsp3) is 0.0370. The summed E-state index contributed by atoms with van der Waals surface area (Å²) < 4.78 is 16.0. The second kappa shape index (κ2) is 5.66. The molecule has 4 aromatic rings. The molecule has 0 aliphatic heterocycles. The molecule has 0 N–H and O–H groups in total. The van der Waals surface area contributed by atoms with Crippen LogP contribution in [0.15, 0.2) is 78.9 Å². The highest BCUT2D eigenvalue weighted by Crippen LogP contribution is 2.63. The van der Waals surface area contributed by atoms with E-state index in [1.54, 1.807) is 0 Å². The number of hydrogen-bond donors (Lipinski definition) is 0. The topological polar surface area (TPSA) is 47.6 Å². The zero-order chi connectivity index (χ0) is 20.5. The van der Waals surface area contributed by atoms with Crippen LogP contribution in [0.3, 0.4) is 0 Å². The van der Waals surface area contributed by atoms with E-state index < -0.39 is 11.2 Å². The Kier molecular flexibility index (Phi) is 3.15. The van der Waals surface area contributed by atoms with Crippen molar-refractivity contribution >= 4 is 0 Å². The van der Waals surface area contributed by atoms with Crippen LogP contribution < -0.4 is 0 Å². The van der Waals surface area contributed by atoms with E-state index in [0.29, 0.717) is 16.7 Å². The van der Waals surface area contributed by atoms with Gasteiger partial charge in [-0.15, -0.1) is 0 Å². The molecule has 2 aliphatic rings. The van der Waals surface area contributed by atoms with E-state index in [1.165, 1.54) is 6.07 Å². The lowest BCUT2D eigenvalue weighted by Gasteiger charge is -2.30. The fourth-order valence-electron chi connectivity index (χ4n) is 5.42. The molecule has 0 saturated carbocycles. The maximum Gasteiger partial charge on any atom is 0.146 e. The quantitative estimate of drug-likeness (QED) is 0.327. The molecule has 0 radical (unpaired) electrons. The molecule has 0 fully saturated rings. The van der Waals surface area contributed by atoms with E-state index in [4.69, 9.17) is 0 Å². The van der Waals surface area contributed by atoms with Gasteiger partial charge in [0, 0.05) is 11.1 Å². The van der Waals surface area contributed by atoms with Crippen molar-refractivity contribution in [1.29, 1.82) is 10.5 Å². The van der Waals surface area contributed by atoms with Crippen LogP contribution in [0.5, 0.6) is 0 Å². The molecule has 0 saturated heterocycles. The summed E-state index contributed by atoms with van der Waals surface area (Å²) in [6.07, 6.45) is 0. The zero-order valence-electron chi connectivity index (χ0n) is 15.8. The second-order valence-corrected chi connectivity index (χ2v) is 7.65. The minimum absolute atomic E-state index is 0.0978. The van der Waals surface area contributed by atoms with Crippen molar-refractivity contribution in [2.45, 2.75) is 5.41 Å². The van der Waals surface area contributed by atoms with E-state index in [-0.39, 0.29) is 5.56 Å². The molecule has 0 amide bonds. The van der Waals surface area contributed by atoms with E-state index in [0.717, 1.165) is 33.4 Å². The number of fused-ring (bicyclic) bond motifs is 10. The van der Waals surface area contributed by atoms with Gasteiger partial charge in [0.05, 0.1) is 22.6 Å². The number of nitrogens with zero attached hydrogens (tertiary/aromatic N) is 2. The van der Waals surface area contributed by atoms with Crippen LogP contribution in [0.1, 0.15) is 33.4 Å². The summed E-state index contributed by atoms with van der Waals surface area (Å²) in [5.41, 5.74) is 6.21. The zero-order valence-corrected chi connectivity index (χ0v) is 15.8. The molecule has 3 heteroatoms. The van der Waals surface area contributed by atoms with E-state index in [2.05, 4.69) is 18.2 Å². The second-order valence-electron chi connectivity index (χ2n) is 7.65. The van der Waals surface area contributed by atoms with Crippen LogP contribution in [0.4, 0.5) is 4.39 Å². The first-order valence-electron chi connectivity index (χ1n) is 9.70. The Balaban J connectivity index is 1.93. The van der Waals surface area contributed by atoms with Crippen LogP contribution in [0.25, 0.3) is 22.3 Å². The van der Waals surface area contributed by atoms with Gasteiger partial charge < -0.3 is 0 Å². The standard InChI is InChI=1S/C27H13FN2/c28-26-17(15-30)13-16(14-29)24-20-9-3-6-12-23(20)27(25(24)26)21-10-4-1-7-18(21)19-8-2-5-11-22(19)27/h1-13H. The number of benzene rings is 4. The first-order chi connectivity index (χ1) is 14.7. The Morgan fingerprint density at radius 3 is 1.63 bits per heavy atom. The van der Waals surface area contributed by atoms with Gasteiger partial charge in [-0.05, 0) is 39.4 Å². The van der Waals surface area contributed by atoms with Crippen LogP contribution in [-0.4, -0.2) is 0 Å². The van der Waals surface area contributed by atoms with Gasteiger partial charge in [0.2, 0.25) is 0 Å². The van der Waals surface area contributed by atoms with Gasteiger partial charge in [-0.3, -0.25) is 0 Å². The first-order valence-corrected chi connectivity index (χ1v) is 9.70. The Labute approximate surface area is 173 Å². The predicted octanol–water partition coefficient (Wildman–Crippen LogP) is 5.91. The van der Waals surface area contributed by atoms with Crippen LogP contribution >= 0.6 is 0 Å². The van der Waals surface area contributed by atoms with E-state index in [9.17, 15) is 10.5 Å². The summed E-state index contributed by atoms with van der Waals surface area (Å²) in [4.78, 5) is 0. The maximum absolute atomic E-state index is 16.0. The molecule has 0 bridgehead atoms. The summed E-state index contributed by atoms with van der Waals surface area (Å²) in [6, 6.07) is 29.4. The lowest BCUT2D eigenvalue weighted by Crippen LogP contribution is -2.27. The normalized spacial score (nSPS) is 13.7. The summed E-state index contributed by atoms with van der Waals surface area (Å²) in [5.74, 6) is -0.547. The molecule has 0 atom stereocenters. The summed E-state index contributed by atoms with van der Waals surface area (Å²) in [5, 5.41) is 19.5. The van der Waals surface area contributed by atoms with Crippen molar-refractivity contribution < 1.29 is 4.39 Å². The van der Waals surface area contributed by atoms with Crippen LogP contribution in [0, 0.1) is 28.5 Å². The Bertz CT molecular complexity index is 1440. The van der Waals surface area contributed by atoms with Gasteiger partial charge in [0.15, 0.2) is 0 Å². The molecule has 4 aromatic carbocycles. The number of rotatable bonds is 0. The van der Waals surface area contributed by atoms with Gasteiger partial charge in [-0.1, -0.05) is 72.8 Å². The molecule has 1 spiro atoms. The van der Waals surface area contributed by atoms with Gasteiger partial charge in [0.25, 0.3) is 0 Å². The lowest BCUT2D eigenvalue weighted by molar-refractivity contribution is 0.587. The molecule has 2 aliphatic carbocycles. The van der Waals surface area contributed by atoms with Crippen molar-refractivity contribution in [2.75, 3.05) is 0 Å². The third-order valence-corrected chi connectivity index (χ3v) is 6.43. The smallest absolute Gasteiger partial charge is 0.146 e. The fourth-order valence-corrected chi connectivity index (χ4v) is 5.42. The van der Waals surface area contributed by atoms with Crippen molar-refractivity contribution in [3.63, 3.8) is 0 Å². The highest BCUT2D eigenvalue weighted by atomic mass is 19.1. The van der Waals surface area contributed by atoms with Crippen molar-refractivity contribution in [3.8, 4) is 34.4 Å². The lowest BCUT2D eigenvalue weighted by atomic mass is 9.70. The highest BCUT2D eigenvalue weighted by Gasteiger charge is 2.54.